The summed E-state index contributed by atoms with van der Waals surface area (Å²) in [6, 6.07) is 1.90. The van der Waals surface area contributed by atoms with Crippen molar-refractivity contribution in [3.05, 3.63) is 28.9 Å². The van der Waals surface area contributed by atoms with Gasteiger partial charge in [0.2, 0.25) is 0 Å². The van der Waals surface area contributed by atoms with Crippen molar-refractivity contribution in [3.63, 3.8) is 0 Å². The molecule has 0 aliphatic heterocycles. The molecular formula is C11H14ClN2. The van der Waals surface area contributed by atoms with E-state index in [4.69, 9.17) is 11.6 Å². The van der Waals surface area contributed by atoms with Crippen LogP contribution < -0.4 is 0 Å². The third-order valence-electron chi connectivity index (χ3n) is 2.79. The molecule has 2 nitrogen and oxygen atoms in total. The van der Waals surface area contributed by atoms with E-state index >= 15 is 0 Å². The Balaban J connectivity index is 2.22. The van der Waals surface area contributed by atoms with E-state index in [1.807, 2.05) is 6.07 Å². The van der Waals surface area contributed by atoms with Crippen LogP contribution in [0.4, 0.5) is 0 Å². The van der Waals surface area contributed by atoms with Gasteiger partial charge in [0, 0.05) is 5.92 Å². The fraction of sp³-hybridized carbons (Fsp3) is 0.545. The van der Waals surface area contributed by atoms with E-state index in [2.05, 4.69) is 23.5 Å². The largest absolute Gasteiger partial charge is 0.154 e. The first-order valence-corrected chi connectivity index (χ1v) is 5.46. The number of aromatic nitrogens is 2. The third kappa shape index (κ3) is 2.06. The molecule has 0 saturated heterocycles. The Morgan fingerprint density at radius 1 is 1.43 bits per heavy atom. The molecule has 0 N–H and O–H groups in total. The minimum absolute atomic E-state index is 0.492. The fourth-order valence-corrected chi connectivity index (χ4v) is 2.26. The fourth-order valence-electron chi connectivity index (χ4n) is 2.06. The molecule has 1 aromatic heterocycles. The maximum absolute atomic E-state index is 5.77. The standard InChI is InChI=1S/C11H14ClN2/c1-8-7-10(12)13-14-11(8)9-5-3-2-4-6-9/h3,7,9H,2,4-6H2,1H3. The number of nitrogens with zero attached hydrogens (tertiary/aromatic N) is 2. The van der Waals surface area contributed by atoms with Crippen LogP contribution in [0.25, 0.3) is 0 Å². The normalized spacial score (nSPS) is 18.4. The molecule has 0 aromatic carbocycles. The molecule has 0 spiro atoms. The zero-order valence-electron chi connectivity index (χ0n) is 8.33. The molecule has 1 aromatic rings. The Labute approximate surface area is 89.7 Å². The van der Waals surface area contributed by atoms with Crippen molar-refractivity contribution in [2.45, 2.75) is 38.5 Å². The van der Waals surface area contributed by atoms with Crippen molar-refractivity contribution >= 4 is 11.6 Å². The van der Waals surface area contributed by atoms with Crippen LogP contribution in [0, 0.1) is 13.3 Å². The van der Waals surface area contributed by atoms with Crippen LogP contribution >= 0.6 is 11.6 Å². The number of hydrogen-bond donors (Lipinski definition) is 0. The Kier molecular flexibility index (Phi) is 3.02. The van der Waals surface area contributed by atoms with E-state index < -0.39 is 0 Å². The maximum Gasteiger partial charge on any atom is 0.151 e. The van der Waals surface area contributed by atoms with Crippen molar-refractivity contribution in [1.29, 1.82) is 0 Å². The summed E-state index contributed by atoms with van der Waals surface area (Å²) in [5, 5.41) is 8.61. The van der Waals surface area contributed by atoms with E-state index in [0.29, 0.717) is 11.1 Å². The van der Waals surface area contributed by atoms with E-state index in [1.54, 1.807) is 0 Å². The average Bonchev–Trinajstić information content (AvgIpc) is 2.19. The van der Waals surface area contributed by atoms with Crippen molar-refractivity contribution in [2.24, 2.45) is 0 Å². The Morgan fingerprint density at radius 2 is 2.29 bits per heavy atom. The molecule has 1 fully saturated rings. The summed E-state index contributed by atoms with van der Waals surface area (Å²) in [6.07, 6.45) is 7.24. The van der Waals surface area contributed by atoms with Gasteiger partial charge in [-0.05, 0) is 37.8 Å². The van der Waals surface area contributed by atoms with Gasteiger partial charge in [-0.25, -0.2) is 0 Å². The Hall–Kier alpha value is -0.630. The van der Waals surface area contributed by atoms with Crippen LogP contribution in [0.1, 0.15) is 42.9 Å². The molecule has 1 aliphatic carbocycles. The van der Waals surface area contributed by atoms with Gasteiger partial charge in [-0.3, -0.25) is 0 Å². The molecule has 0 bridgehead atoms. The molecule has 1 saturated carbocycles. The molecule has 1 unspecified atom stereocenters. The average molecular weight is 210 g/mol. The monoisotopic (exact) mass is 209 g/mol. The smallest absolute Gasteiger partial charge is 0.151 e. The van der Waals surface area contributed by atoms with Gasteiger partial charge in [0.15, 0.2) is 5.15 Å². The lowest BCUT2D eigenvalue weighted by Gasteiger charge is -2.21. The van der Waals surface area contributed by atoms with Gasteiger partial charge in [-0.15, -0.1) is 5.10 Å². The van der Waals surface area contributed by atoms with Crippen LogP contribution in [-0.4, -0.2) is 10.2 Å². The summed E-state index contributed by atoms with van der Waals surface area (Å²) < 4.78 is 0. The van der Waals surface area contributed by atoms with Gasteiger partial charge in [-0.2, -0.15) is 5.10 Å². The highest BCUT2D eigenvalue weighted by atomic mass is 35.5. The van der Waals surface area contributed by atoms with Crippen LogP contribution in [-0.2, 0) is 0 Å². The van der Waals surface area contributed by atoms with Gasteiger partial charge >= 0.3 is 0 Å². The molecule has 1 atom stereocenters. The van der Waals surface area contributed by atoms with Crippen molar-refractivity contribution in [1.82, 2.24) is 10.2 Å². The number of rotatable bonds is 1. The van der Waals surface area contributed by atoms with Crippen LogP contribution in [0.5, 0.6) is 0 Å². The highest BCUT2D eigenvalue weighted by Crippen LogP contribution is 2.32. The van der Waals surface area contributed by atoms with Crippen LogP contribution in [0.15, 0.2) is 6.07 Å². The van der Waals surface area contributed by atoms with E-state index in [1.165, 1.54) is 24.8 Å². The quantitative estimate of drug-likeness (QED) is 0.709. The highest BCUT2D eigenvalue weighted by molar-refractivity contribution is 6.29. The molecular weight excluding hydrogens is 196 g/mol. The lowest BCUT2D eigenvalue weighted by molar-refractivity contribution is 0.501. The van der Waals surface area contributed by atoms with Gasteiger partial charge in [0.05, 0.1) is 5.69 Å². The molecule has 1 heterocycles. The molecule has 1 aliphatic rings. The maximum atomic E-state index is 5.77. The van der Waals surface area contributed by atoms with Gasteiger partial charge in [0.25, 0.3) is 0 Å². The van der Waals surface area contributed by atoms with Gasteiger partial charge < -0.3 is 0 Å². The zero-order valence-corrected chi connectivity index (χ0v) is 9.09. The third-order valence-corrected chi connectivity index (χ3v) is 2.98. The number of halogens is 1. The van der Waals surface area contributed by atoms with Crippen LogP contribution in [0.3, 0.4) is 0 Å². The summed E-state index contributed by atoms with van der Waals surface area (Å²) >= 11 is 5.77. The molecule has 3 heteroatoms. The summed E-state index contributed by atoms with van der Waals surface area (Å²) in [4.78, 5) is 0. The molecule has 75 valence electrons. The van der Waals surface area contributed by atoms with Gasteiger partial charge in [-0.1, -0.05) is 24.4 Å². The minimum atomic E-state index is 0.492. The second-order valence-electron chi connectivity index (χ2n) is 3.89. The Bertz CT molecular complexity index is 319. The lowest BCUT2D eigenvalue weighted by atomic mass is 9.85. The predicted molar refractivity (Wildman–Crippen MR) is 57.3 cm³/mol. The second kappa shape index (κ2) is 4.26. The second-order valence-corrected chi connectivity index (χ2v) is 4.27. The highest BCUT2D eigenvalue weighted by Gasteiger charge is 2.19. The summed E-state index contributed by atoms with van der Waals surface area (Å²) in [6.45, 7) is 2.06. The molecule has 14 heavy (non-hydrogen) atoms. The SMILES string of the molecule is Cc1cc(Cl)nnc1C1C[CH]CCC1. The first-order valence-electron chi connectivity index (χ1n) is 5.09. The van der Waals surface area contributed by atoms with Gasteiger partial charge in [0.1, 0.15) is 0 Å². The topological polar surface area (TPSA) is 25.8 Å². The minimum Gasteiger partial charge on any atom is -0.154 e. The predicted octanol–water partition coefficient (Wildman–Crippen LogP) is 3.30. The van der Waals surface area contributed by atoms with E-state index in [9.17, 15) is 0 Å². The summed E-state index contributed by atoms with van der Waals surface area (Å²) in [5.41, 5.74) is 2.30. The Morgan fingerprint density at radius 3 is 2.93 bits per heavy atom. The molecule has 1 radical (unpaired) electrons. The number of hydrogen-bond acceptors (Lipinski definition) is 2. The molecule has 0 amide bonds. The summed E-state index contributed by atoms with van der Waals surface area (Å²) in [5.74, 6) is 0.563. The van der Waals surface area contributed by atoms with Crippen molar-refractivity contribution < 1.29 is 0 Å². The lowest BCUT2D eigenvalue weighted by Crippen LogP contribution is -2.09. The van der Waals surface area contributed by atoms with Crippen molar-refractivity contribution in [2.75, 3.05) is 0 Å². The number of aryl methyl sites for hydroxylation is 1. The van der Waals surface area contributed by atoms with Crippen molar-refractivity contribution in [3.8, 4) is 0 Å². The molecule has 2 rings (SSSR count). The first kappa shape index (κ1) is 9.91. The summed E-state index contributed by atoms with van der Waals surface area (Å²) in [7, 11) is 0. The van der Waals surface area contributed by atoms with Crippen LogP contribution in [0.2, 0.25) is 5.15 Å². The van der Waals surface area contributed by atoms with E-state index in [-0.39, 0.29) is 0 Å². The first-order chi connectivity index (χ1) is 6.77. The van der Waals surface area contributed by atoms with E-state index in [0.717, 1.165) is 12.1 Å². The zero-order chi connectivity index (χ0) is 9.97.